The Morgan fingerprint density at radius 1 is 1.36 bits per heavy atom. The second kappa shape index (κ2) is 7.01. The van der Waals surface area contributed by atoms with E-state index in [9.17, 15) is 4.79 Å². The SMILES string of the molecule is Cc1cccc(C2(C(=O)NCC(N)C3CC3)CCCC2)c1.Cl. The van der Waals surface area contributed by atoms with Crippen LogP contribution in [0, 0.1) is 12.8 Å². The highest BCUT2D eigenvalue weighted by Gasteiger charge is 2.43. The minimum atomic E-state index is -0.324. The van der Waals surface area contributed by atoms with Gasteiger partial charge in [-0.05, 0) is 44.1 Å². The second-order valence-electron chi connectivity index (χ2n) is 6.87. The van der Waals surface area contributed by atoms with Crippen LogP contribution in [0.3, 0.4) is 0 Å². The molecule has 1 amide bonds. The number of carbonyl (C=O) groups excluding carboxylic acids is 1. The van der Waals surface area contributed by atoms with Crippen molar-refractivity contribution in [3.63, 3.8) is 0 Å². The van der Waals surface area contributed by atoms with Crippen LogP contribution < -0.4 is 11.1 Å². The van der Waals surface area contributed by atoms with Gasteiger partial charge in [0.1, 0.15) is 0 Å². The summed E-state index contributed by atoms with van der Waals surface area (Å²) in [6.07, 6.45) is 6.63. The fraction of sp³-hybridized carbons (Fsp3) is 0.611. The molecule has 0 radical (unpaired) electrons. The average molecular weight is 323 g/mol. The molecule has 1 aromatic rings. The quantitative estimate of drug-likeness (QED) is 0.875. The molecule has 0 aliphatic heterocycles. The van der Waals surface area contributed by atoms with Crippen molar-refractivity contribution in [3.8, 4) is 0 Å². The lowest BCUT2D eigenvalue weighted by atomic mass is 9.77. The van der Waals surface area contributed by atoms with Crippen molar-refractivity contribution in [1.29, 1.82) is 0 Å². The van der Waals surface area contributed by atoms with Gasteiger partial charge in [0.05, 0.1) is 5.41 Å². The Kier molecular flexibility index (Phi) is 5.51. The van der Waals surface area contributed by atoms with Crippen molar-refractivity contribution in [2.75, 3.05) is 6.54 Å². The average Bonchev–Trinajstić information content (AvgIpc) is 3.21. The van der Waals surface area contributed by atoms with E-state index in [1.54, 1.807) is 0 Å². The first-order valence-corrected chi connectivity index (χ1v) is 8.23. The minimum absolute atomic E-state index is 0. The maximum absolute atomic E-state index is 12.9. The first-order chi connectivity index (χ1) is 10.1. The minimum Gasteiger partial charge on any atom is -0.354 e. The van der Waals surface area contributed by atoms with Crippen LogP contribution in [0.1, 0.15) is 49.7 Å². The Labute approximate surface area is 139 Å². The van der Waals surface area contributed by atoms with E-state index in [0.717, 1.165) is 25.7 Å². The van der Waals surface area contributed by atoms with Gasteiger partial charge in [-0.15, -0.1) is 12.4 Å². The molecule has 3 N–H and O–H groups in total. The third-order valence-electron chi connectivity index (χ3n) is 5.19. The van der Waals surface area contributed by atoms with E-state index in [2.05, 4.69) is 36.5 Å². The molecule has 3 nitrogen and oxygen atoms in total. The number of nitrogens with two attached hydrogens (primary N) is 1. The number of aryl methyl sites for hydroxylation is 1. The molecule has 1 aromatic carbocycles. The van der Waals surface area contributed by atoms with E-state index in [1.807, 2.05) is 0 Å². The molecule has 0 heterocycles. The van der Waals surface area contributed by atoms with Gasteiger partial charge in [-0.25, -0.2) is 0 Å². The third-order valence-corrected chi connectivity index (χ3v) is 5.19. The van der Waals surface area contributed by atoms with Gasteiger partial charge in [-0.2, -0.15) is 0 Å². The van der Waals surface area contributed by atoms with Crippen LogP contribution in [0.15, 0.2) is 24.3 Å². The Morgan fingerprint density at radius 3 is 2.64 bits per heavy atom. The summed E-state index contributed by atoms with van der Waals surface area (Å²) in [7, 11) is 0. The maximum Gasteiger partial charge on any atom is 0.230 e. The molecular weight excluding hydrogens is 296 g/mol. The molecule has 0 bridgehead atoms. The van der Waals surface area contributed by atoms with Crippen molar-refractivity contribution in [2.24, 2.45) is 11.7 Å². The lowest BCUT2D eigenvalue weighted by Gasteiger charge is -2.29. The van der Waals surface area contributed by atoms with Crippen molar-refractivity contribution in [2.45, 2.75) is 56.9 Å². The molecule has 2 aliphatic rings. The third kappa shape index (κ3) is 3.47. The number of rotatable bonds is 5. The number of hydrogen-bond acceptors (Lipinski definition) is 2. The van der Waals surface area contributed by atoms with E-state index in [1.165, 1.54) is 24.0 Å². The predicted molar refractivity (Wildman–Crippen MR) is 92.3 cm³/mol. The molecule has 0 spiro atoms. The molecule has 1 atom stereocenters. The van der Waals surface area contributed by atoms with Crippen LogP contribution in [-0.4, -0.2) is 18.5 Å². The summed E-state index contributed by atoms with van der Waals surface area (Å²) in [6, 6.07) is 8.57. The van der Waals surface area contributed by atoms with Gasteiger partial charge in [0.2, 0.25) is 5.91 Å². The highest BCUT2D eigenvalue weighted by Crippen LogP contribution is 2.41. The Bertz CT molecular complexity index is 522. The molecule has 4 heteroatoms. The number of amides is 1. The molecule has 0 aromatic heterocycles. The highest BCUT2D eigenvalue weighted by atomic mass is 35.5. The van der Waals surface area contributed by atoms with Gasteiger partial charge < -0.3 is 11.1 Å². The van der Waals surface area contributed by atoms with Crippen molar-refractivity contribution in [3.05, 3.63) is 35.4 Å². The molecule has 2 fully saturated rings. The van der Waals surface area contributed by atoms with E-state index in [4.69, 9.17) is 5.73 Å². The van der Waals surface area contributed by atoms with E-state index in [-0.39, 0.29) is 29.8 Å². The van der Waals surface area contributed by atoms with Gasteiger partial charge in [-0.3, -0.25) is 4.79 Å². The number of benzene rings is 1. The molecule has 0 saturated heterocycles. The lowest BCUT2D eigenvalue weighted by Crippen LogP contribution is -2.47. The van der Waals surface area contributed by atoms with Crippen molar-refractivity contribution < 1.29 is 4.79 Å². The second-order valence-corrected chi connectivity index (χ2v) is 6.87. The molecule has 1 unspecified atom stereocenters. The van der Waals surface area contributed by atoms with Gasteiger partial charge in [0.15, 0.2) is 0 Å². The fourth-order valence-corrected chi connectivity index (χ4v) is 3.64. The summed E-state index contributed by atoms with van der Waals surface area (Å²) in [4.78, 5) is 12.9. The van der Waals surface area contributed by atoms with E-state index in [0.29, 0.717) is 12.5 Å². The monoisotopic (exact) mass is 322 g/mol. The van der Waals surface area contributed by atoms with Crippen molar-refractivity contribution in [1.82, 2.24) is 5.32 Å². The van der Waals surface area contributed by atoms with Crippen LogP contribution in [0.2, 0.25) is 0 Å². The fourth-order valence-electron chi connectivity index (χ4n) is 3.64. The zero-order chi connectivity index (χ0) is 14.9. The molecule has 3 rings (SSSR count). The summed E-state index contributed by atoms with van der Waals surface area (Å²) >= 11 is 0. The number of carbonyl (C=O) groups is 1. The summed E-state index contributed by atoms with van der Waals surface area (Å²) in [6.45, 7) is 2.71. The highest BCUT2D eigenvalue weighted by molar-refractivity contribution is 5.88. The summed E-state index contributed by atoms with van der Waals surface area (Å²) in [5.41, 5.74) is 8.19. The zero-order valence-electron chi connectivity index (χ0n) is 13.3. The van der Waals surface area contributed by atoms with Gasteiger partial charge in [0, 0.05) is 12.6 Å². The zero-order valence-corrected chi connectivity index (χ0v) is 14.1. The Balaban J connectivity index is 0.00000176. The van der Waals surface area contributed by atoms with Crippen LogP contribution in [0.5, 0.6) is 0 Å². The first kappa shape index (κ1) is 17.3. The maximum atomic E-state index is 12.9. The molecule has 122 valence electrons. The first-order valence-electron chi connectivity index (χ1n) is 8.23. The molecule has 2 saturated carbocycles. The van der Waals surface area contributed by atoms with Crippen LogP contribution in [0.4, 0.5) is 0 Å². The lowest BCUT2D eigenvalue weighted by molar-refractivity contribution is -0.126. The van der Waals surface area contributed by atoms with Crippen molar-refractivity contribution >= 4 is 18.3 Å². The molecule has 2 aliphatic carbocycles. The summed E-state index contributed by atoms with van der Waals surface area (Å²) in [5.74, 6) is 0.811. The number of nitrogens with one attached hydrogen (secondary N) is 1. The molecular formula is C18H27ClN2O. The van der Waals surface area contributed by atoms with Crippen LogP contribution in [0.25, 0.3) is 0 Å². The van der Waals surface area contributed by atoms with Gasteiger partial charge in [0.25, 0.3) is 0 Å². The topological polar surface area (TPSA) is 55.1 Å². The summed E-state index contributed by atoms with van der Waals surface area (Å²) in [5, 5.41) is 3.14. The van der Waals surface area contributed by atoms with Crippen LogP contribution >= 0.6 is 12.4 Å². The number of halogens is 1. The summed E-state index contributed by atoms with van der Waals surface area (Å²) < 4.78 is 0. The largest absolute Gasteiger partial charge is 0.354 e. The normalized spacial score (nSPS) is 21.0. The smallest absolute Gasteiger partial charge is 0.230 e. The standard InChI is InChI=1S/C18H26N2O.ClH/c1-13-5-4-6-15(11-13)18(9-2-3-10-18)17(21)20-12-16(19)14-7-8-14;/h4-6,11,14,16H,2-3,7-10,12,19H2,1H3,(H,20,21);1H. The Morgan fingerprint density at radius 2 is 2.05 bits per heavy atom. The van der Waals surface area contributed by atoms with E-state index >= 15 is 0 Å². The van der Waals surface area contributed by atoms with Crippen LogP contribution in [-0.2, 0) is 10.2 Å². The Hall–Kier alpha value is -1.06. The van der Waals surface area contributed by atoms with E-state index < -0.39 is 0 Å². The van der Waals surface area contributed by atoms with Gasteiger partial charge in [-0.1, -0.05) is 42.7 Å². The molecule has 22 heavy (non-hydrogen) atoms. The predicted octanol–water partition coefficient (Wildman–Crippen LogP) is 3.08. The number of hydrogen-bond donors (Lipinski definition) is 2. The van der Waals surface area contributed by atoms with Gasteiger partial charge >= 0.3 is 0 Å².